The van der Waals surface area contributed by atoms with Crippen LogP contribution < -0.4 is 5.73 Å². The van der Waals surface area contributed by atoms with Crippen LogP contribution in [0.1, 0.15) is 5.69 Å². The number of rotatable bonds is 3. The van der Waals surface area contributed by atoms with Crippen molar-refractivity contribution in [1.29, 1.82) is 0 Å². The molecule has 0 spiro atoms. The Kier molecular flexibility index (Phi) is 2.58. The highest BCUT2D eigenvalue weighted by molar-refractivity contribution is 5.62. The number of aromatic nitrogens is 6. The largest absolute Gasteiger partial charge is 0.325 e. The molecule has 7 heteroatoms. The van der Waals surface area contributed by atoms with Crippen LogP contribution in [0.4, 0.5) is 0 Å². The number of nitrogens with one attached hydrogen (secondary N) is 1. The van der Waals surface area contributed by atoms with Gasteiger partial charge in [-0.2, -0.15) is 5.10 Å². The molecule has 7 nitrogen and oxygen atoms in total. The van der Waals surface area contributed by atoms with Gasteiger partial charge >= 0.3 is 0 Å². The molecule has 0 atom stereocenters. The summed E-state index contributed by atoms with van der Waals surface area (Å²) in [5, 5.41) is 18.2. The van der Waals surface area contributed by atoms with E-state index in [1.165, 1.54) is 0 Å². The quantitative estimate of drug-likeness (QED) is 0.696. The molecule has 1 aromatic carbocycles. The summed E-state index contributed by atoms with van der Waals surface area (Å²) < 4.78 is 1.60. The van der Waals surface area contributed by atoms with E-state index in [1.54, 1.807) is 11.0 Å². The van der Waals surface area contributed by atoms with Gasteiger partial charge in [0.1, 0.15) is 6.33 Å². The average molecular weight is 241 g/mol. The fourth-order valence-electron chi connectivity index (χ4n) is 1.70. The summed E-state index contributed by atoms with van der Waals surface area (Å²) in [6, 6.07) is 9.73. The van der Waals surface area contributed by atoms with E-state index in [1.807, 2.05) is 30.3 Å². The van der Waals surface area contributed by atoms with Gasteiger partial charge in [-0.25, -0.2) is 4.68 Å². The Hall–Kier alpha value is -2.54. The van der Waals surface area contributed by atoms with Crippen LogP contribution in [-0.4, -0.2) is 30.4 Å². The highest BCUT2D eigenvalue weighted by atomic mass is 15.5. The monoisotopic (exact) mass is 241 g/mol. The molecule has 0 aliphatic heterocycles. The molecule has 0 aliphatic carbocycles. The number of H-pyrrole nitrogens is 1. The third-order valence-corrected chi connectivity index (χ3v) is 2.61. The van der Waals surface area contributed by atoms with Gasteiger partial charge in [0.05, 0.1) is 11.4 Å². The van der Waals surface area contributed by atoms with Gasteiger partial charge in [-0.05, 0) is 28.6 Å². The third kappa shape index (κ3) is 1.87. The summed E-state index contributed by atoms with van der Waals surface area (Å²) in [5.74, 6) is 0. The van der Waals surface area contributed by atoms with E-state index in [9.17, 15) is 0 Å². The maximum Gasteiger partial charge on any atom is 0.143 e. The molecule has 0 saturated heterocycles. The number of benzene rings is 1. The van der Waals surface area contributed by atoms with Crippen molar-refractivity contribution < 1.29 is 0 Å². The van der Waals surface area contributed by atoms with Crippen molar-refractivity contribution in [2.24, 2.45) is 5.73 Å². The Labute approximate surface area is 103 Å². The first-order valence-corrected chi connectivity index (χ1v) is 5.45. The SMILES string of the molecule is NCc1cc(-c2cccc(-n3cnnn3)c2)n[nH]1. The van der Waals surface area contributed by atoms with E-state index in [4.69, 9.17) is 5.73 Å². The van der Waals surface area contributed by atoms with Crippen molar-refractivity contribution in [2.45, 2.75) is 6.54 Å². The van der Waals surface area contributed by atoms with Crippen molar-refractivity contribution in [1.82, 2.24) is 30.4 Å². The van der Waals surface area contributed by atoms with Crippen molar-refractivity contribution >= 4 is 0 Å². The van der Waals surface area contributed by atoms with Gasteiger partial charge < -0.3 is 5.73 Å². The maximum absolute atomic E-state index is 5.55. The lowest BCUT2D eigenvalue weighted by Gasteiger charge is -2.01. The number of nitrogens with two attached hydrogens (primary N) is 1. The van der Waals surface area contributed by atoms with E-state index in [-0.39, 0.29) is 0 Å². The van der Waals surface area contributed by atoms with Crippen LogP contribution in [0, 0.1) is 0 Å². The lowest BCUT2D eigenvalue weighted by atomic mass is 10.1. The summed E-state index contributed by atoms with van der Waals surface area (Å²) in [4.78, 5) is 0. The highest BCUT2D eigenvalue weighted by Gasteiger charge is 2.05. The number of hydrogen-bond acceptors (Lipinski definition) is 5. The van der Waals surface area contributed by atoms with E-state index in [2.05, 4.69) is 25.7 Å². The fraction of sp³-hybridized carbons (Fsp3) is 0.0909. The molecule has 0 saturated carbocycles. The average Bonchev–Trinajstić information content (AvgIpc) is 3.10. The molecule has 3 rings (SSSR count). The van der Waals surface area contributed by atoms with Gasteiger partial charge in [-0.1, -0.05) is 12.1 Å². The number of nitrogens with zero attached hydrogens (tertiary/aromatic N) is 5. The zero-order valence-electron chi connectivity index (χ0n) is 9.48. The van der Waals surface area contributed by atoms with Crippen LogP contribution in [0.3, 0.4) is 0 Å². The molecule has 2 heterocycles. The second-order valence-electron chi connectivity index (χ2n) is 3.79. The molecule has 3 aromatic rings. The van der Waals surface area contributed by atoms with Crippen LogP contribution in [0.15, 0.2) is 36.7 Å². The Morgan fingerprint density at radius 1 is 1.28 bits per heavy atom. The van der Waals surface area contributed by atoms with Crippen LogP contribution in [0.25, 0.3) is 16.9 Å². The van der Waals surface area contributed by atoms with Crippen molar-refractivity contribution in [2.75, 3.05) is 0 Å². The van der Waals surface area contributed by atoms with Gasteiger partial charge in [-0.15, -0.1) is 5.10 Å². The number of hydrogen-bond donors (Lipinski definition) is 2. The topological polar surface area (TPSA) is 98.3 Å². The lowest BCUT2D eigenvalue weighted by molar-refractivity contribution is 0.789. The number of tetrazole rings is 1. The zero-order chi connectivity index (χ0) is 12.4. The molecular formula is C11H11N7. The summed E-state index contributed by atoms with van der Waals surface area (Å²) >= 11 is 0. The van der Waals surface area contributed by atoms with E-state index >= 15 is 0 Å². The van der Waals surface area contributed by atoms with Gasteiger partial charge in [0.2, 0.25) is 0 Å². The first kappa shape index (κ1) is 10.6. The maximum atomic E-state index is 5.55. The summed E-state index contributed by atoms with van der Waals surface area (Å²) in [6.45, 7) is 0.444. The van der Waals surface area contributed by atoms with Crippen molar-refractivity contribution in [3.8, 4) is 16.9 Å². The van der Waals surface area contributed by atoms with Crippen molar-refractivity contribution in [3.63, 3.8) is 0 Å². The molecule has 3 N–H and O–H groups in total. The van der Waals surface area contributed by atoms with Gasteiger partial charge in [0.25, 0.3) is 0 Å². The Bertz CT molecular complexity index is 641. The summed E-state index contributed by atoms with van der Waals surface area (Å²) in [7, 11) is 0. The normalized spacial score (nSPS) is 10.7. The van der Waals surface area contributed by atoms with E-state index in [0.29, 0.717) is 6.54 Å². The third-order valence-electron chi connectivity index (χ3n) is 2.61. The minimum atomic E-state index is 0.444. The van der Waals surface area contributed by atoms with E-state index < -0.39 is 0 Å². The first-order valence-electron chi connectivity index (χ1n) is 5.45. The lowest BCUT2D eigenvalue weighted by Crippen LogP contribution is -1.95. The first-order chi connectivity index (χ1) is 8.86. The Morgan fingerprint density at radius 2 is 2.22 bits per heavy atom. The van der Waals surface area contributed by atoms with E-state index in [0.717, 1.165) is 22.6 Å². The number of aromatic amines is 1. The smallest absolute Gasteiger partial charge is 0.143 e. The minimum Gasteiger partial charge on any atom is -0.325 e. The van der Waals surface area contributed by atoms with Gasteiger partial charge in [0.15, 0.2) is 0 Å². The fourth-order valence-corrected chi connectivity index (χ4v) is 1.70. The predicted molar refractivity (Wildman–Crippen MR) is 64.6 cm³/mol. The predicted octanol–water partition coefficient (Wildman–Crippen LogP) is 0.511. The van der Waals surface area contributed by atoms with Crippen LogP contribution in [0.5, 0.6) is 0 Å². The molecule has 0 fully saturated rings. The van der Waals surface area contributed by atoms with Crippen LogP contribution >= 0.6 is 0 Å². The van der Waals surface area contributed by atoms with Crippen LogP contribution in [0.2, 0.25) is 0 Å². The molecule has 0 amide bonds. The second kappa shape index (κ2) is 4.38. The Balaban J connectivity index is 2.00. The summed E-state index contributed by atoms with van der Waals surface area (Å²) in [6.07, 6.45) is 1.55. The standard InChI is InChI=1S/C11H11N7/c12-6-9-5-11(15-14-9)8-2-1-3-10(4-8)18-7-13-16-17-18/h1-5,7H,6,12H2,(H,14,15). The highest BCUT2D eigenvalue weighted by Crippen LogP contribution is 2.20. The Morgan fingerprint density at radius 3 is 2.94 bits per heavy atom. The second-order valence-corrected chi connectivity index (χ2v) is 3.79. The minimum absolute atomic E-state index is 0.444. The van der Waals surface area contributed by atoms with Gasteiger partial charge in [-0.3, -0.25) is 5.10 Å². The molecule has 0 bridgehead atoms. The van der Waals surface area contributed by atoms with Gasteiger partial charge in [0, 0.05) is 17.8 Å². The molecular weight excluding hydrogens is 230 g/mol. The van der Waals surface area contributed by atoms with Crippen molar-refractivity contribution in [3.05, 3.63) is 42.4 Å². The molecule has 0 unspecified atom stereocenters. The molecule has 0 radical (unpaired) electrons. The molecule has 2 aromatic heterocycles. The van der Waals surface area contributed by atoms with Crippen LogP contribution in [-0.2, 0) is 6.54 Å². The molecule has 18 heavy (non-hydrogen) atoms. The molecule has 0 aliphatic rings. The summed E-state index contributed by atoms with van der Waals surface area (Å²) in [5.41, 5.74) is 9.17. The zero-order valence-corrected chi connectivity index (χ0v) is 9.48. The molecule has 90 valence electrons.